The van der Waals surface area contributed by atoms with E-state index in [1.165, 1.54) is 5.56 Å². The zero-order chi connectivity index (χ0) is 15.6. The van der Waals surface area contributed by atoms with Gasteiger partial charge in [-0.25, -0.2) is 0 Å². The Morgan fingerprint density at radius 1 is 1.10 bits per heavy atom. The van der Waals surface area contributed by atoms with Crippen molar-refractivity contribution in [3.63, 3.8) is 0 Å². The molecule has 3 nitrogen and oxygen atoms in total. The molecule has 0 amide bonds. The molecule has 3 heteroatoms. The van der Waals surface area contributed by atoms with Gasteiger partial charge < -0.3 is 5.32 Å². The van der Waals surface area contributed by atoms with Crippen molar-refractivity contribution in [1.82, 2.24) is 4.98 Å². The van der Waals surface area contributed by atoms with Crippen molar-refractivity contribution in [1.29, 1.82) is 5.26 Å². The van der Waals surface area contributed by atoms with Gasteiger partial charge in [-0.3, -0.25) is 4.98 Å². The predicted octanol–water partition coefficient (Wildman–Crippen LogP) is 4.61. The molecule has 21 heavy (non-hydrogen) atoms. The number of nitrogens with one attached hydrogen (secondary N) is 1. The molecule has 0 fully saturated rings. The van der Waals surface area contributed by atoms with Crippen LogP contribution in [-0.2, 0) is 5.41 Å². The van der Waals surface area contributed by atoms with E-state index >= 15 is 0 Å². The smallest absolute Gasteiger partial charge is 0.103 e. The number of aryl methyl sites for hydroxylation is 2. The molecule has 0 spiro atoms. The Bertz CT molecular complexity index is 703. The third-order valence-electron chi connectivity index (χ3n) is 3.44. The van der Waals surface area contributed by atoms with Crippen molar-refractivity contribution >= 4 is 11.4 Å². The van der Waals surface area contributed by atoms with Crippen molar-refractivity contribution in [3.8, 4) is 6.07 Å². The van der Waals surface area contributed by atoms with Crippen LogP contribution in [0.1, 0.15) is 43.3 Å². The van der Waals surface area contributed by atoms with Crippen molar-refractivity contribution in [3.05, 3.63) is 52.8 Å². The molecule has 0 saturated heterocycles. The fourth-order valence-corrected chi connectivity index (χ4v) is 2.46. The molecule has 0 aliphatic heterocycles. The minimum absolute atomic E-state index is 0.0352. The maximum Gasteiger partial charge on any atom is 0.103 e. The molecule has 1 aromatic carbocycles. The Balaban J connectivity index is 2.52. The van der Waals surface area contributed by atoms with E-state index in [-0.39, 0.29) is 5.41 Å². The molecule has 2 aromatic rings. The Morgan fingerprint density at radius 3 is 2.38 bits per heavy atom. The first-order valence-electron chi connectivity index (χ1n) is 7.08. The van der Waals surface area contributed by atoms with Gasteiger partial charge in [0.1, 0.15) is 6.07 Å². The van der Waals surface area contributed by atoms with Crippen molar-refractivity contribution in [2.24, 2.45) is 0 Å². The summed E-state index contributed by atoms with van der Waals surface area (Å²) >= 11 is 0. The van der Waals surface area contributed by atoms with Crippen LogP contribution in [0.25, 0.3) is 0 Å². The van der Waals surface area contributed by atoms with Gasteiger partial charge >= 0.3 is 0 Å². The zero-order valence-electron chi connectivity index (χ0n) is 13.3. The fourth-order valence-electron chi connectivity index (χ4n) is 2.46. The molecule has 0 unspecified atom stereocenters. The minimum atomic E-state index is 0.0352. The molecular formula is C18H21N3. The van der Waals surface area contributed by atoms with Crippen molar-refractivity contribution < 1.29 is 0 Å². The summed E-state index contributed by atoms with van der Waals surface area (Å²) in [4.78, 5) is 4.36. The number of nitriles is 1. The summed E-state index contributed by atoms with van der Waals surface area (Å²) in [5.41, 5.74) is 5.37. The number of aromatic nitrogens is 1. The van der Waals surface area contributed by atoms with E-state index in [0.717, 1.165) is 22.8 Å². The van der Waals surface area contributed by atoms with E-state index in [1.807, 2.05) is 38.1 Å². The van der Waals surface area contributed by atoms with Gasteiger partial charge in [0.05, 0.1) is 16.9 Å². The first kappa shape index (κ1) is 15.1. The van der Waals surface area contributed by atoms with Gasteiger partial charge in [0.2, 0.25) is 0 Å². The fraction of sp³-hybridized carbons (Fsp3) is 0.333. The molecule has 108 valence electrons. The summed E-state index contributed by atoms with van der Waals surface area (Å²) in [5, 5.41) is 12.8. The quantitative estimate of drug-likeness (QED) is 0.873. The summed E-state index contributed by atoms with van der Waals surface area (Å²) in [6.45, 7) is 10.4. The molecule has 1 heterocycles. The number of rotatable bonds is 2. The van der Waals surface area contributed by atoms with Gasteiger partial charge in [0.15, 0.2) is 0 Å². The topological polar surface area (TPSA) is 48.7 Å². The van der Waals surface area contributed by atoms with Crippen LogP contribution in [-0.4, -0.2) is 4.98 Å². The Labute approximate surface area is 126 Å². The second-order valence-electron chi connectivity index (χ2n) is 6.30. The summed E-state index contributed by atoms with van der Waals surface area (Å²) in [5.74, 6) is 0. The van der Waals surface area contributed by atoms with Crippen molar-refractivity contribution in [2.45, 2.75) is 40.0 Å². The monoisotopic (exact) mass is 279 g/mol. The standard InChI is InChI=1S/C18H21N3/c1-12-10-17(14(11-19)13(2)20-12)21-16-9-7-6-8-15(16)18(3,4)5/h6-10H,1-5H3,(H,20,21). The molecule has 0 atom stereocenters. The summed E-state index contributed by atoms with van der Waals surface area (Å²) in [6, 6.07) is 12.4. The van der Waals surface area contributed by atoms with Gasteiger partial charge in [-0.05, 0) is 37.0 Å². The maximum atomic E-state index is 9.37. The Kier molecular flexibility index (Phi) is 3.99. The van der Waals surface area contributed by atoms with E-state index in [1.54, 1.807) is 0 Å². The third kappa shape index (κ3) is 3.22. The van der Waals surface area contributed by atoms with Crippen LogP contribution in [0.15, 0.2) is 30.3 Å². The lowest BCUT2D eigenvalue weighted by molar-refractivity contribution is 0.592. The van der Waals surface area contributed by atoms with Gasteiger partial charge in [0.25, 0.3) is 0 Å². The SMILES string of the molecule is Cc1cc(Nc2ccccc2C(C)(C)C)c(C#N)c(C)n1. The number of anilines is 2. The lowest BCUT2D eigenvalue weighted by Gasteiger charge is -2.24. The van der Waals surface area contributed by atoms with Crippen molar-refractivity contribution in [2.75, 3.05) is 5.32 Å². The largest absolute Gasteiger partial charge is 0.354 e. The Hall–Kier alpha value is -2.34. The van der Waals surface area contributed by atoms with Crippen LogP contribution in [0, 0.1) is 25.2 Å². The van der Waals surface area contributed by atoms with Crippen LogP contribution in [0.3, 0.4) is 0 Å². The lowest BCUT2D eigenvalue weighted by Crippen LogP contribution is -2.14. The highest BCUT2D eigenvalue weighted by Gasteiger charge is 2.18. The molecule has 1 N–H and O–H groups in total. The molecule has 0 saturated carbocycles. The lowest BCUT2D eigenvalue weighted by atomic mass is 9.85. The van der Waals surface area contributed by atoms with E-state index < -0.39 is 0 Å². The first-order valence-corrected chi connectivity index (χ1v) is 7.08. The molecule has 2 rings (SSSR count). The molecule has 0 aliphatic rings. The van der Waals surface area contributed by atoms with Gasteiger partial charge in [-0.15, -0.1) is 0 Å². The highest BCUT2D eigenvalue weighted by Crippen LogP contribution is 2.32. The van der Waals surface area contributed by atoms with Gasteiger partial charge in [0, 0.05) is 11.4 Å². The second-order valence-corrected chi connectivity index (χ2v) is 6.30. The van der Waals surface area contributed by atoms with Crippen LogP contribution in [0.5, 0.6) is 0 Å². The average molecular weight is 279 g/mol. The molecular weight excluding hydrogens is 258 g/mol. The molecule has 0 aliphatic carbocycles. The first-order chi connectivity index (χ1) is 9.82. The number of benzene rings is 1. The number of nitrogens with zero attached hydrogens (tertiary/aromatic N) is 2. The van der Waals surface area contributed by atoms with Crippen LogP contribution in [0.2, 0.25) is 0 Å². The van der Waals surface area contributed by atoms with Crippen LogP contribution >= 0.6 is 0 Å². The minimum Gasteiger partial charge on any atom is -0.354 e. The summed E-state index contributed by atoms with van der Waals surface area (Å²) < 4.78 is 0. The summed E-state index contributed by atoms with van der Waals surface area (Å²) in [7, 11) is 0. The number of hydrogen-bond acceptors (Lipinski definition) is 3. The summed E-state index contributed by atoms with van der Waals surface area (Å²) in [6.07, 6.45) is 0. The predicted molar refractivity (Wildman–Crippen MR) is 86.9 cm³/mol. The van der Waals surface area contributed by atoms with Gasteiger partial charge in [-0.1, -0.05) is 39.0 Å². The van der Waals surface area contributed by atoms with Gasteiger partial charge in [-0.2, -0.15) is 5.26 Å². The number of pyridine rings is 1. The second kappa shape index (κ2) is 5.57. The maximum absolute atomic E-state index is 9.37. The van der Waals surface area contributed by atoms with E-state index in [9.17, 15) is 5.26 Å². The van der Waals surface area contributed by atoms with E-state index in [0.29, 0.717) is 5.56 Å². The number of para-hydroxylation sites is 1. The average Bonchev–Trinajstić information content (AvgIpc) is 2.37. The highest BCUT2D eigenvalue weighted by molar-refractivity contribution is 5.70. The third-order valence-corrected chi connectivity index (χ3v) is 3.44. The van der Waals surface area contributed by atoms with E-state index in [2.05, 4.69) is 43.2 Å². The normalized spacial score (nSPS) is 11.0. The van der Waals surface area contributed by atoms with Crippen LogP contribution in [0.4, 0.5) is 11.4 Å². The van der Waals surface area contributed by atoms with E-state index in [4.69, 9.17) is 0 Å². The molecule has 0 bridgehead atoms. The molecule has 1 aromatic heterocycles. The zero-order valence-corrected chi connectivity index (χ0v) is 13.3. The highest BCUT2D eigenvalue weighted by atomic mass is 14.9. The molecule has 0 radical (unpaired) electrons. The Morgan fingerprint density at radius 2 is 1.76 bits per heavy atom. The number of hydrogen-bond donors (Lipinski definition) is 1. The van der Waals surface area contributed by atoms with Crippen LogP contribution < -0.4 is 5.32 Å².